The van der Waals surface area contributed by atoms with E-state index in [2.05, 4.69) is 39.4 Å². The summed E-state index contributed by atoms with van der Waals surface area (Å²) in [6, 6.07) is 18.4. The average molecular weight is 410 g/mol. The molecule has 6 heteroatoms. The molecule has 1 unspecified atom stereocenters. The van der Waals surface area contributed by atoms with E-state index in [0.29, 0.717) is 13.0 Å². The average Bonchev–Trinajstić information content (AvgIpc) is 3.19. The smallest absolute Gasteiger partial charge is 0.232 e. The molecule has 2 fully saturated rings. The first-order valence-corrected chi connectivity index (χ1v) is 10.8. The number of aliphatic hydroxyl groups is 1. The van der Waals surface area contributed by atoms with E-state index in [1.165, 1.54) is 5.56 Å². The van der Waals surface area contributed by atoms with Crippen molar-refractivity contribution in [3.05, 3.63) is 60.2 Å². The zero-order chi connectivity index (χ0) is 20.8. The van der Waals surface area contributed by atoms with Crippen molar-refractivity contribution in [2.45, 2.75) is 19.4 Å². The molecular weight excluding hydrogens is 378 g/mol. The standard InChI is InChI=1S/C24H31N3O3/c28-15-11-24(10-12-26(19-24)18-20-4-2-1-3-5-20)23(29)25-21-6-8-22(9-7-21)27-13-16-30-17-14-27/h1-9,28H,10-19H2,(H,25,29). The third kappa shape index (κ3) is 4.83. The van der Waals surface area contributed by atoms with Crippen molar-refractivity contribution < 1.29 is 14.6 Å². The molecule has 2 aliphatic heterocycles. The lowest BCUT2D eigenvalue weighted by Gasteiger charge is -2.29. The van der Waals surface area contributed by atoms with Gasteiger partial charge in [0.15, 0.2) is 0 Å². The number of morpholine rings is 1. The van der Waals surface area contributed by atoms with Gasteiger partial charge in [-0.1, -0.05) is 30.3 Å². The Morgan fingerprint density at radius 1 is 1.03 bits per heavy atom. The van der Waals surface area contributed by atoms with Crippen LogP contribution in [0.25, 0.3) is 0 Å². The van der Waals surface area contributed by atoms with Gasteiger partial charge >= 0.3 is 0 Å². The molecule has 0 saturated carbocycles. The first-order chi connectivity index (χ1) is 14.7. The molecule has 0 spiro atoms. The Morgan fingerprint density at radius 3 is 2.47 bits per heavy atom. The summed E-state index contributed by atoms with van der Waals surface area (Å²) in [7, 11) is 0. The number of nitrogens with zero attached hydrogens (tertiary/aromatic N) is 2. The second-order valence-corrected chi connectivity index (χ2v) is 8.30. The van der Waals surface area contributed by atoms with Crippen molar-refractivity contribution in [2.75, 3.05) is 56.2 Å². The Hall–Kier alpha value is -2.41. The Balaban J connectivity index is 1.39. The van der Waals surface area contributed by atoms with Gasteiger partial charge in [-0.3, -0.25) is 9.69 Å². The molecule has 2 heterocycles. The minimum absolute atomic E-state index is 0.00577. The monoisotopic (exact) mass is 409 g/mol. The molecule has 0 aliphatic carbocycles. The Morgan fingerprint density at radius 2 is 1.77 bits per heavy atom. The van der Waals surface area contributed by atoms with E-state index in [1.54, 1.807) is 0 Å². The zero-order valence-electron chi connectivity index (χ0n) is 17.4. The van der Waals surface area contributed by atoms with Crippen molar-refractivity contribution in [3.8, 4) is 0 Å². The molecule has 4 rings (SSSR count). The van der Waals surface area contributed by atoms with Crippen LogP contribution >= 0.6 is 0 Å². The van der Waals surface area contributed by atoms with Crippen molar-refractivity contribution in [1.82, 2.24) is 4.90 Å². The van der Waals surface area contributed by atoms with Gasteiger partial charge in [0.1, 0.15) is 0 Å². The molecule has 2 aromatic rings. The van der Waals surface area contributed by atoms with Crippen LogP contribution in [0.4, 0.5) is 11.4 Å². The number of amides is 1. The maximum absolute atomic E-state index is 13.2. The van der Waals surface area contributed by atoms with E-state index < -0.39 is 5.41 Å². The van der Waals surface area contributed by atoms with Gasteiger partial charge in [0.25, 0.3) is 0 Å². The molecule has 1 atom stereocenters. The molecule has 2 saturated heterocycles. The van der Waals surface area contributed by atoms with Gasteiger partial charge in [-0.15, -0.1) is 0 Å². The summed E-state index contributed by atoms with van der Waals surface area (Å²) in [5.74, 6) is 0.00577. The molecule has 30 heavy (non-hydrogen) atoms. The van der Waals surface area contributed by atoms with Crippen molar-refractivity contribution in [3.63, 3.8) is 0 Å². The van der Waals surface area contributed by atoms with Crippen molar-refractivity contribution in [2.24, 2.45) is 5.41 Å². The van der Waals surface area contributed by atoms with Gasteiger partial charge in [-0.2, -0.15) is 0 Å². The van der Waals surface area contributed by atoms with E-state index in [0.717, 1.165) is 57.2 Å². The summed E-state index contributed by atoms with van der Waals surface area (Å²) in [6.45, 7) is 5.66. The molecular formula is C24H31N3O3. The summed E-state index contributed by atoms with van der Waals surface area (Å²) < 4.78 is 5.41. The first kappa shape index (κ1) is 20.8. The highest BCUT2D eigenvalue weighted by molar-refractivity contribution is 5.96. The molecule has 6 nitrogen and oxygen atoms in total. The fourth-order valence-electron chi connectivity index (χ4n) is 4.49. The number of anilines is 2. The van der Waals surface area contributed by atoms with Crippen LogP contribution in [0.2, 0.25) is 0 Å². The van der Waals surface area contributed by atoms with Crippen LogP contribution in [0.3, 0.4) is 0 Å². The van der Waals surface area contributed by atoms with Crippen LogP contribution in [0.15, 0.2) is 54.6 Å². The van der Waals surface area contributed by atoms with Gasteiger partial charge in [0.05, 0.1) is 18.6 Å². The lowest BCUT2D eigenvalue weighted by molar-refractivity contribution is -0.126. The fourth-order valence-corrected chi connectivity index (χ4v) is 4.49. The molecule has 2 aliphatic rings. The largest absolute Gasteiger partial charge is 0.396 e. The molecule has 0 bridgehead atoms. The molecule has 0 radical (unpaired) electrons. The fraction of sp³-hybridized carbons (Fsp3) is 0.458. The Bertz CT molecular complexity index is 821. The number of rotatable bonds is 7. The summed E-state index contributed by atoms with van der Waals surface area (Å²) in [5, 5.41) is 12.8. The summed E-state index contributed by atoms with van der Waals surface area (Å²) >= 11 is 0. The van der Waals surface area contributed by atoms with E-state index >= 15 is 0 Å². The minimum Gasteiger partial charge on any atom is -0.396 e. The number of hydrogen-bond donors (Lipinski definition) is 2. The van der Waals surface area contributed by atoms with Gasteiger partial charge < -0.3 is 20.1 Å². The molecule has 1 amide bonds. The number of ether oxygens (including phenoxy) is 1. The zero-order valence-corrected chi connectivity index (χ0v) is 17.4. The van der Waals surface area contributed by atoms with Crippen LogP contribution in [-0.4, -0.2) is 61.9 Å². The summed E-state index contributed by atoms with van der Waals surface area (Å²) in [4.78, 5) is 17.8. The number of nitrogens with one attached hydrogen (secondary N) is 1. The number of likely N-dealkylation sites (tertiary alicyclic amines) is 1. The second-order valence-electron chi connectivity index (χ2n) is 8.30. The highest BCUT2D eigenvalue weighted by Gasteiger charge is 2.44. The summed E-state index contributed by atoms with van der Waals surface area (Å²) in [6.07, 6.45) is 1.24. The SMILES string of the molecule is O=C(Nc1ccc(N2CCOCC2)cc1)C1(CCO)CCN(Cc2ccccc2)C1. The third-order valence-electron chi connectivity index (χ3n) is 6.26. The Labute approximate surface area is 178 Å². The van der Waals surface area contributed by atoms with Crippen LogP contribution in [0.5, 0.6) is 0 Å². The number of benzene rings is 2. The number of hydrogen-bond acceptors (Lipinski definition) is 5. The maximum atomic E-state index is 13.2. The van der Waals surface area contributed by atoms with E-state index in [4.69, 9.17) is 4.74 Å². The normalized spacial score (nSPS) is 22.2. The van der Waals surface area contributed by atoms with Gasteiger partial charge in [0, 0.05) is 44.2 Å². The van der Waals surface area contributed by atoms with Gasteiger partial charge in [-0.05, 0) is 49.2 Å². The van der Waals surface area contributed by atoms with Gasteiger partial charge in [-0.25, -0.2) is 0 Å². The van der Waals surface area contributed by atoms with E-state index in [1.807, 2.05) is 30.3 Å². The molecule has 0 aromatic heterocycles. The molecule has 2 N–H and O–H groups in total. The van der Waals surface area contributed by atoms with Gasteiger partial charge in [0.2, 0.25) is 5.91 Å². The van der Waals surface area contributed by atoms with E-state index in [9.17, 15) is 9.90 Å². The lowest BCUT2D eigenvalue weighted by Crippen LogP contribution is -2.39. The highest BCUT2D eigenvalue weighted by atomic mass is 16.5. The van der Waals surface area contributed by atoms with Crippen LogP contribution < -0.4 is 10.2 Å². The highest BCUT2D eigenvalue weighted by Crippen LogP contribution is 2.36. The Kier molecular flexibility index (Phi) is 6.67. The predicted octanol–water partition coefficient (Wildman–Crippen LogP) is 2.74. The van der Waals surface area contributed by atoms with Crippen LogP contribution in [0, 0.1) is 5.41 Å². The topological polar surface area (TPSA) is 65.0 Å². The number of carbonyl (C=O) groups excluding carboxylic acids is 1. The van der Waals surface area contributed by atoms with Crippen molar-refractivity contribution >= 4 is 17.3 Å². The quantitative estimate of drug-likeness (QED) is 0.736. The van der Waals surface area contributed by atoms with Crippen molar-refractivity contribution in [1.29, 1.82) is 0 Å². The van der Waals surface area contributed by atoms with E-state index in [-0.39, 0.29) is 12.5 Å². The third-order valence-corrected chi connectivity index (χ3v) is 6.26. The van der Waals surface area contributed by atoms with Crippen LogP contribution in [0.1, 0.15) is 18.4 Å². The maximum Gasteiger partial charge on any atom is 0.232 e. The number of carbonyl (C=O) groups is 1. The second kappa shape index (κ2) is 9.60. The predicted molar refractivity (Wildman–Crippen MR) is 119 cm³/mol. The molecule has 160 valence electrons. The summed E-state index contributed by atoms with van der Waals surface area (Å²) in [5.41, 5.74) is 2.65. The lowest BCUT2D eigenvalue weighted by atomic mass is 9.82. The first-order valence-electron chi connectivity index (χ1n) is 10.8. The minimum atomic E-state index is -0.549. The molecule has 2 aromatic carbocycles. The number of aliphatic hydroxyl groups excluding tert-OH is 1. The van der Waals surface area contributed by atoms with Crippen LogP contribution in [-0.2, 0) is 16.1 Å².